The maximum atomic E-state index is 11.9. The Labute approximate surface area is 112 Å². The minimum absolute atomic E-state index is 0.00948. The summed E-state index contributed by atoms with van der Waals surface area (Å²) in [5, 5.41) is 1.98. The number of rotatable bonds is 4. The third kappa shape index (κ3) is 3.05. The number of sulfone groups is 1. The van der Waals surface area contributed by atoms with Crippen LogP contribution >= 0.6 is 12.2 Å². The van der Waals surface area contributed by atoms with Crippen LogP contribution in [-0.2, 0) is 15.6 Å². The Hall–Kier alpha value is -1.46. The van der Waals surface area contributed by atoms with Crippen molar-refractivity contribution in [3.63, 3.8) is 0 Å². The van der Waals surface area contributed by atoms with Crippen LogP contribution in [0, 0.1) is 0 Å². The molecule has 0 atom stereocenters. The average Bonchev–Trinajstić information content (AvgIpc) is 2.27. The van der Waals surface area contributed by atoms with Crippen LogP contribution in [0.5, 0.6) is 0 Å². The van der Waals surface area contributed by atoms with Gasteiger partial charge in [0.2, 0.25) is 0 Å². The summed E-state index contributed by atoms with van der Waals surface area (Å²) < 4.78 is 23.8. The van der Waals surface area contributed by atoms with Crippen LogP contribution in [-0.4, -0.2) is 19.2 Å². The number of benzene rings is 2. The Morgan fingerprint density at radius 3 is 2.50 bits per heavy atom. The molecule has 0 radical (unpaired) electrons. The molecule has 0 aromatic heterocycles. The second kappa shape index (κ2) is 5.04. The quantitative estimate of drug-likeness (QED) is 0.870. The molecule has 2 aromatic rings. The third-order valence-electron chi connectivity index (χ3n) is 2.62. The van der Waals surface area contributed by atoms with Gasteiger partial charge in [-0.3, -0.25) is 0 Å². The van der Waals surface area contributed by atoms with Gasteiger partial charge in [0.1, 0.15) is 5.75 Å². The molecule has 0 saturated heterocycles. The molecule has 0 saturated carbocycles. The number of thiocarbonyl (C=S) groups is 1. The summed E-state index contributed by atoms with van der Waals surface area (Å²) in [5.41, 5.74) is 6.08. The summed E-state index contributed by atoms with van der Waals surface area (Å²) in [7, 11) is -3.29. The standard InChI is InChI=1S/C13H13NO2S2/c14-13(17)9-18(15,16)8-11-6-3-5-10-4-1-2-7-12(10)11/h1-7H,8-9H2,(H2,14,17). The summed E-state index contributed by atoms with van der Waals surface area (Å²) >= 11 is 4.65. The van der Waals surface area contributed by atoms with E-state index < -0.39 is 9.84 Å². The first-order valence-electron chi connectivity index (χ1n) is 5.43. The minimum atomic E-state index is -3.29. The lowest BCUT2D eigenvalue weighted by atomic mass is 10.1. The van der Waals surface area contributed by atoms with Crippen molar-refractivity contribution in [2.24, 2.45) is 5.73 Å². The zero-order chi connectivity index (χ0) is 13.2. The van der Waals surface area contributed by atoms with Crippen molar-refractivity contribution in [2.75, 3.05) is 5.75 Å². The fourth-order valence-corrected chi connectivity index (χ4v) is 3.72. The first-order valence-corrected chi connectivity index (χ1v) is 7.66. The Balaban J connectivity index is 2.41. The van der Waals surface area contributed by atoms with Gasteiger partial charge in [-0.15, -0.1) is 0 Å². The van der Waals surface area contributed by atoms with Gasteiger partial charge in [0.05, 0.1) is 10.7 Å². The lowest BCUT2D eigenvalue weighted by Gasteiger charge is -2.07. The van der Waals surface area contributed by atoms with E-state index in [0.29, 0.717) is 0 Å². The van der Waals surface area contributed by atoms with Crippen molar-refractivity contribution in [1.82, 2.24) is 0 Å². The zero-order valence-corrected chi connectivity index (χ0v) is 11.3. The van der Waals surface area contributed by atoms with Gasteiger partial charge in [-0.2, -0.15) is 0 Å². The van der Waals surface area contributed by atoms with E-state index in [2.05, 4.69) is 12.2 Å². The van der Waals surface area contributed by atoms with E-state index in [4.69, 9.17) is 5.73 Å². The van der Waals surface area contributed by atoms with E-state index in [1.54, 1.807) is 0 Å². The normalized spacial score (nSPS) is 11.6. The van der Waals surface area contributed by atoms with Crippen LogP contribution in [0.25, 0.3) is 10.8 Å². The highest BCUT2D eigenvalue weighted by Crippen LogP contribution is 2.20. The molecule has 0 bridgehead atoms. The first-order chi connectivity index (χ1) is 8.48. The second-order valence-corrected chi connectivity index (χ2v) is 6.73. The molecule has 2 N–H and O–H groups in total. The summed E-state index contributed by atoms with van der Waals surface area (Å²) in [4.78, 5) is 0.00948. The molecule has 18 heavy (non-hydrogen) atoms. The van der Waals surface area contributed by atoms with Crippen LogP contribution in [0.15, 0.2) is 42.5 Å². The molecule has 0 heterocycles. The number of fused-ring (bicyclic) bond motifs is 1. The molecule has 0 aliphatic carbocycles. The fraction of sp³-hybridized carbons (Fsp3) is 0.154. The first kappa shape index (κ1) is 13.0. The third-order valence-corrected chi connectivity index (χ3v) is 4.45. The molecule has 0 fully saturated rings. The van der Waals surface area contributed by atoms with E-state index in [-0.39, 0.29) is 16.5 Å². The van der Waals surface area contributed by atoms with Crippen molar-refractivity contribution in [1.29, 1.82) is 0 Å². The van der Waals surface area contributed by atoms with Crippen molar-refractivity contribution in [3.8, 4) is 0 Å². The van der Waals surface area contributed by atoms with Crippen molar-refractivity contribution >= 4 is 37.8 Å². The van der Waals surface area contributed by atoms with Crippen LogP contribution in [0.2, 0.25) is 0 Å². The van der Waals surface area contributed by atoms with Gasteiger partial charge in [0.15, 0.2) is 9.84 Å². The summed E-state index contributed by atoms with van der Waals surface area (Å²) in [6.45, 7) is 0. The maximum Gasteiger partial charge on any atom is 0.160 e. The van der Waals surface area contributed by atoms with Gasteiger partial charge in [0, 0.05) is 0 Å². The van der Waals surface area contributed by atoms with Gasteiger partial charge in [0.25, 0.3) is 0 Å². The predicted molar refractivity (Wildman–Crippen MR) is 78.2 cm³/mol. The van der Waals surface area contributed by atoms with Crippen LogP contribution in [0.4, 0.5) is 0 Å². The summed E-state index contributed by atoms with van der Waals surface area (Å²) in [6, 6.07) is 13.3. The van der Waals surface area contributed by atoms with Crippen LogP contribution in [0.3, 0.4) is 0 Å². The van der Waals surface area contributed by atoms with Crippen molar-refractivity contribution < 1.29 is 8.42 Å². The molecular formula is C13H13NO2S2. The minimum Gasteiger partial charge on any atom is -0.392 e. The molecule has 0 aliphatic heterocycles. The fourth-order valence-electron chi connectivity index (χ4n) is 1.92. The van der Waals surface area contributed by atoms with Gasteiger partial charge in [-0.25, -0.2) is 8.42 Å². The van der Waals surface area contributed by atoms with Gasteiger partial charge < -0.3 is 5.73 Å². The zero-order valence-electron chi connectivity index (χ0n) is 9.67. The van der Waals surface area contributed by atoms with Gasteiger partial charge in [-0.1, -0.05) is 54.7 Å². The second-order valence-electron chi connectivity index (χ2n) is 4.14. The van der Waals surface area contributed by atoms with Crippen LogP contribution in [0.1, 0.15) is 5.56 Å². The molecule has 94 valence electrons. The molecule has 5 heteroatoms. The molecule has 2 rings (SSSR count). The highest BCUT2D eigenvalue weighted by Gasteiger charge is 2.14. The molecule has 0 spiro atoms. The van der Waals surface area contributed by atoms with Crippen molar-refractivity contribution in [3.05, 3.63) is 48.0 Å². The van der Waals surface area contributed by atoms with Crippen LogP contribution < -0.4 is 5.73 Å². The SMILES string of the molecule is NC(=S)CS(=O)(=O)Cc1cccc2ccccc12. The molecule has 0 aliphatic rings. The molecule has 3 nitrogen and oxygen atoms in total. The Bertz CT molecular complexity index is 688. The van der Waals surface area contributed by atoms with Crippen molar-refractivity contribution in [2.45, 2.75) is 5.75 Å². The number of nitrogens with two attached hydrogens (primary N) is 1. The lowest BCUT2D eigenvalue weighted by Crippen LogP contribution is -2.22. The molecule has 2 aromatic carbocycles. The average molecular weight is 279 g/mol. The Morgan fingerprint density at radius 1 is 1.11 bits per heavy atom. The Kier molecular flexibility index (Phi) is 3.63. The summed E-state index contributed by atoms with van der Waals surface area (Å²) in [5.74, 6) is -0.281. The maximum absolute atomic E-state index is 11.9. The van der Waals surface area contributed by atoms with E-state index >= 15 is 0 Å². The highest BCUT2D eigenvalue weighted by atomic mass is 32.2. The number of hydrogen-bond donors (Lipinski definition) is 1. The summed E-state index contributed by atoms with van der Waals surface area (Å²) in [6.07, 6.45) is 0. The highest BCUT2D eigenvalue weighted by molar-refractivity contribution is 7.93. The van der Waals surface area contributed by atoms with Gasteiger partial charge in [-0.05, 0) is 16.3 Å². The van der Waals surface area contributed by atoms with E-state index in [1.807, 2.05) is 42.5 Å². The van der Waals surface area contributed by atoms with Gasteiger partial charge >= 0.3 is 0 Å². The smallest absolute Gasteiger partial charge is 0.160 e. The van der Waals surface area contributed by atoms with E-state index in [0.717, 1.165) is 16.3 Å². The lowest BCUT2D eigenvalue weighted by molar-refractivity contribution is 0.599. The Morgan fingerprint density at radius 2 is 1.78 bits per heavy atom. The molecule has 0 amide bonds. The topological polar surface area (TPSA) is 60.2 Å². The number of hydrogen-bond acceptors (Lipinski definition) is 3. The monoisotopic (exact) mass is 279 g/mol. The molecule has 0 unspecified atom stereocenters. The van der Waals surface area contributed by atoms with E-state index in [9.17, 15) is 8.42 Å². The predicted octanol–water partition coefficient (Wildman–Crippen LogP) is 2.04. The largest absolute Gasteiger partial charge is 0.392 e. The van der Waals surface area contributed by atoms with E-state index in [1.165, 1.54) is 0 Å². The molecular weight excluding hydrogens is 266 g/mol.